The lowest BCUT2D eigenvalue weighted by molar-refractivity contribution is 0.171. The van der Waals surface area contributed by atoms with Crippen molar-refractivity contribution in [1.29, 1.82) is 0 Å². The molecule has 0 bridgehead atoms. The average molecular weight is 317 g/mol. The van der Waals surface area contributed by atoms with Crippen LogP contribution in [-0.4, -0.2) is 26.4 Å². The van der Waals surface area contributed by atoms with E-state index < -0.39 is 0 Å². The van der Waals surface area contributed by atoms with E-state index in [4.69, 9.17) is 19.9 Å². The fraction of sp³-hybridized carbons (Fsp3) is 0.333. The standard InChI is InChI=1S/C18H20FNO3/c19-15-2-4-16(5-3-15)21-8-7-14(12-20)13-1-6-17-18(11-13)23-10-9-22-17/h1-6,11,14H,7-10,12,20H2. The normalized spacial score (nSPS) is 14.3. The summed E-state index contributed by atoms with van der Waals surface area (Å²) in [5.41, 5.74) is 7.01. The first-order chi connectivity index (χ1) is 11.3. The zero-order valence-corrected chi connectivity index (χ0v) is 12.8. The highest BCUT2D eigenvalue weighted by atomic mass is 19.1. The van der Waals surface area contributed by atoms with Crippen molar-refractivity contribution in [2.45, 2.75) is 12.3 Å². The van der Waals surface area contributed by atoms with Gasteiger partial charge in [0.1, 0.15) is 24.8 Å². The predicted molar refractivity (Wildman–Crippen MR) is 85.7 cm³/mol. The van der Waals surface area contributed by atoms with Gasteiger partial charge in [-0.3, -0.25) is 0 Å². The van der Waals surface area contributed by atoms with Gasteiger partial charge in [-0.1, -0.05) is 6.07 Å². The van der Waals surface area contributed by atoms with Crippen molar-refractivity contribution in [1.82, 2.24) is 0 Å². The lowest BCUT2D eigenvalue weighted by Crippen LogP contribution is -2.18. The second-order valence-electron chi connectivity index (χ2n) is 5.43. The van der Waals surface area contributed by atoms with E-state index in [-0.39, 0.29) is 11.7 Å². The SMILES string of the molecule is NCC(CCOc1ccc(F)cc1)c1ccc2c(c1)OCCO2. The number of fused-ring (bicyclic) bond motifs is 1. The molecule has 1 aliphatic rings. The van der Waals surface area contributed by atoms with Crippen LogP contribution in [-0.2, 0) is 0 Å². The summed E-state index contributed by atoms with van der Waals surface area (Å²) in [4.78, 5) is 0. The van der Waals surface area contributed by atoms with Crippen molar-refractivity contribution in [3.8, 4) is 17.2 Å². The van der Waals surface area contributed by atoms with E-state index in [0.29, 0.717) is 32.1 Å². The number of benzene rings is 2. The summed E-state index contributed by atoms with van der Waals surface area (Å²) in [5, 5.41) is 0. The zero-order valence-electron chi connectivity index (χ0n) is 12.8. The lowest BCUT2D eigenvalue weighted by atomic mass is 9.95. The van der Waals surface area contributed by atoms with Gasteiger partial charge >= 0.3 is 0 Å². The third-order valence-electron chi connectivity index (χ3n) is 3.87. The molecule has 0 aliphatic carbocycles. The maximum atomic E-state index is 12.9. The molecule has 0 aromatic heterocycles. The topological polar surface area (TPSA) is 53.7 Å². The molecule has 0 saturated carbocycles. The first-order valence-corrected chi connectivity index (χ1v) is 7.74. The molecule has 0 fully saturated rings. The van der Waals surface area contributed by atoms with Gasteiger partial charge in [0.15, 0.2) is 11.5 Å². The van der Waals surface area contributed by atoms with E-state index in [9.17, 15) is 4.39 Å². The average Bonchev–Trinajstić information content (AvgIpc) is 2.60. The molecule has 23 heavy (non-hydrogen) atoms. The van der Waals surface area contributed by atoms with Crippen LogP contribution in [0.3, 0.4) is 0 Å². The second kappa shape index (κ2) is 7.33. The van der Waals surface area contributed by atoms with Crippen molar-refractivity contribution >= 4 is 0 Å². The molecule has 0 saturated heterocycles. The predicted octanol–water partition coefficient (Wildman–Crippen LogP) is 3.11. The van der Waals surface area contributed by atoms with Gasteiger partial charge in [0.25, 0.3) is 0 Å². The van der Waals surface area contributed by atoms with Crippen LogP contribution in [0.5, 0.6) is 17.2 Å². The smallest absolute Gasteiger partial charge is 0.161 e. The van der Waals surface area contributed by atoms with Gasteiger partial charge in [-0.2, -0.15) is 0 Å². The second-order valence-corrected chi connectivity index (χ2v) is 5.43. The Kier molecular flexibility index (Phi) is 4.98. The van der Waals surface area contributed by atoms with E-state index in [2.05, 4.69) is 0 Å². The molecule has 1 unspecified atom stereocenters. The summed E-state index contributed by atoms with van der Waals surface area (Å²) in [7, 11) is 0. The van der Waals surface area contributed by atoms with E-state index in [1.54, 1.807) is 12.1 Å². The molecule has 5 heteroatoms. The van der Waals surface area contributed by atoms with Crippen LogP contribution in [0.15, 0.2) is 42.5 Å². The molecule has 4 nitrogen and oxygen atoms in total. The van der Waals surface area contributed by atoms with Crippen LogP contribution in [0.2, 0.25) is 0 Å². The number of ether oxygens (including phenoxy) is 3. The van der Waals surface area contributed by atoms with Gasteiger partial charge in [-0.05, 0) is 60.8 Å². The highest BCUT2D eigenvalue weighted by molar-refractivity contribution is 5.44. The van der Waals surface area contributed by atoms with Crippen LogP contribution in [0.25, 0.3) is 0 Å². The van der Waals surface area contributed by atoms with Crippen LogP contribution in [0.1, 0.15) is 17.9 Å². The quantitative estimate of drug-likeness (QED) is 0.889. The molecular weight excluding hydrogens is 297 g/mol. The minimum Gasteiger partial charge on any atom is -0.494 e. The molecule has 1 aliphatic heterocycles. The van der Waals surface area contributed by atoms with Gasteiger partial charge in [-0.25, -0.2) is 4.39 Å². The third-order valence-corrected chi connectivity index (χ3v) is 3.87. The van der Waals surface area contributed by atoms with Crippen molar-refractivity contribution < 1.29 is 18.6 Å². The minimum absolute atomic E-state index is 0.172. The van der Waals surface area contributed by atoms with Crippen LogP contribution in [0, 0.1) is 5.82 Å². The van der Waals surface area contributed by atoms with Gasteiger partial charge in [0.05, 0.1) is 6.61 Å². The lowest BCUT2D eigenvalue weighted by Gasteiger charge is -2.21. The first-order valence-electron chi connectivity index (χ1n) is 7.74. The highest BCUT2D eigenvalue weighted by Gasteiger charge is 2.16. The largest absolute Gasteiger partial charge is 0.494 e. The number of hydrogen-bond donors (Lipinski definition) is 1. The Morgan fingerprint density at radius 3 is 2.52 bits per heavy atom. The van der Waals surface area contributed by atoms with E-state index in [1.807, 2.05) is 18.2 Å². The summed E-state index contributed by atoms with van der Waals surface area (Å²) in [6.07, 6.45) is 0.771. The Morgan fingerprint density at radius 2 is 1.78 bits per heavy atom. The summed E-state index contributed by atoms with van der Waals surface area (Å²) in [5.74, 6) is 2.11. The zero-order chi connectivity index (χ0) is 16.1. The summed E-state index contributed by atoms with van der Waals surface area (Å²) < 4.78 is 29.6. The Bertz CT molecular complexity index is 645. The van der Waals surface area contributed by atoms with E-state index >= 15 is 0 Å². The Balaban J connectivity index is 1.60. The van der Waals surface area contributed by atoms with Gasteiger partial charge in [-0.15, -0.1) is 0 Å². The molecule has 122 valence electrons. The first kappa shape index (κ1) is 15.6. The minimum atomic E-state index is -0.270. The summed E-state index contributed by atoms with van der Waals surface area (Å²) in [6.45, 7) is 2.18. The molecule has 1 heterocycles. The van der Waals surface area contributed by atoms with Crippen molar-refractivity contribution in [2.24, 2.45) is 5.73 Å². The third kappa shape index (κ3) is 3.93. The van der Waals surface area contributed by atoms with Gasteiger partial charge < -0.3 is 19.9 Å². The summed E-state index contributed by atoms with van der Waals surface area (Å²) in [6, 6.07) is 11.9. The number of halogens is 1. The van der Waals surface area contributed by atoms with Gasteiger partial charge in [0.2, 0.25) is 0 Å². The van der Waals surface area contributed by atoms with E-state index in [0.717, 1.165) is 23.5 Å². The molecule has 0 amide bonds. The number of nitrogens with two attached hydrogens (primary N) is 1. The Hall–Kier alpha value is -2.27. The molecule has 2 aromatic rings. The molecule has 2 aromatic carbocycles. The number of hydrogen-bond acceptors (Lipinski definition) is 4. The Morgan fingerprint density at radius 1 is 1.04 bits per heavy atom. The monoisotopic (exact) mass is 317 g/mol. The Labute approximate surface area is 135 Å². The van der Waals surface area contributed by atoms with Crippen LogP contribution in [0.4, 0.5) is 4.39 Å². The van der Waals surface area contributed by atoms with E-state index in [1.165, 1.54) is 12.1 Å². The maximum absolute atomic E-state index is 12.9. The van der Waals surface area contributed by atoms with Crippen molar-refractivity contribution in [3.05, 3.63) is 53.8 Å². The highest BCUT2D eigenvalue weighted by Crippen LogP contribution is 2.33. The van der Waals surface area contributed by atoms with Crippen LogP contribution < -0.4 is 19.9 Å². The van der Waals surface area contributed by atoms with Crippen molar-refractivity contribution in [3.63, 3.8) is 0 Å². The summed E-state index contributed by atoms with van der Waals surface area (Å²) >= 11 is 0. The maximum Gasteiger partial charge on any atom is 0.161 e. The fourth-order valence-electron chi connectivity index (χ4n) is 2.58. The molecule has 1 atom stereocenters. The molecular formula is C18H20FNO3. The number of rotatable bonds is 6. The molecule has 0 radical (unpaired) electrons. The van der Waals surface area contributed by atoms with Gasteiger partial charge in [0, 0.05) is 0 Å². The van der Waals surface area contributed by atoms with Crippen LogP contribution >= 0.6 is 0 Å². The molecule has 0 spiro atoms. The molecule has 3 rings (SSSR count). The fourth-order valence-corrected chi connectivity index (χ4v) is 2.58. The van der Waals surface area contributed by atoms with Crippen molar-refractivity contribution in [2.75, 3.05) is 26.4 Å². The molecule has 2 N–H and O–H groups in total.